The first-order valence-corrected chi connectivity index (χ1v) is 7.38. The molecule has 1 N–H and O–H groups in total. The summed E-state index contributed by atoms with van der Waals surface area (Å²) in [5.74, 6) is 0. The van der Waals surface area contributed by atoms with Crippen molar-refractivity contribution < 1.29 is 0 Å². The minimum Gasteiger partial charge on any atom is -0.313 e. The first kappa shape index (κ1) is 13.3. The van der Waals surface area contributed by atoms with Gasteiger partial charge < -0.3 is 10.2 Å². The second-order valence-electron chi connectivity index (χ2n) is 6.03. The van der Waals surface area contributed by atoms with Crippen molar-refractivity contribution in [3.8, 4) is 0 Å². The van der Waals surface area contributed by atoms with Crippen molar-refractivity contribution in [2.24, 2.45) is 0 Å². The number of nitrogens with zero attached hydrogens (tertiary/aromatic N) is 2. The molecule has 1 aliphatic heterocycles. The van der Waals surface area contributed by atoms with Crippen LogP contribution in [0.5, 0.6) is 0 Å². The highest BCUT2D eigenvalue weighted by molar-refractivity contribution is 4.87. The Kier molecular flexibility index (Phi) is 5.26. The van der Waals surface area contributed by atoms with Gasteiger partial charge in [-0.05, 0) is 65.8 Å². The van der Waals surface area contributed by atoms with E-state index in [1.165, 1.54) is 64.7 Å². The summed E-state index contributed by atoms with van der Waals surface area (Å²) >= 11 is 0. The van der Waals surface area contributed by atoms with Crippen LogP contribution in [0, 0.1) is 0 Å². The van der Waals surface area contributed by atoms with Crippen LogP contribution in [0.1, 0.15) is 38.5 Å². The second-order valence-corrected chi connectivity index (χ2v) is 6.03. The monoisotopic (exact) mass is 239 g/mol. The molecule has 1 saturated heterocycles. The Labute approximate surface area is 107 Å². The van der Waals surface area contributed by atoms with Crippen LogP contribution in [0.3, 0.4) is 0 Å². The van der Waals surface area contributed by atoms with Gasteiger partial charge in [-0.3, -0.25) is 4.90 Å². The topological polar surface area (TPSA) is 18.5 Å². The number of hydrogen-bond acceptors (Lipinski definition) is 3. The largest absolute Gasteiger partial charge is 0.313 e. The van der Waals surface area contributed by atoms with Gasteiger partial charge in [0, 0.05) is 18.6 Å². The summed E-state index contributed by atoms with van der Waals surface area (Å²) in [6.45, 7) is 5.04. The second kappa shape index (κ2) is 6.72. The molecule has 0 bridgehead atoms. The van der Waals surface area contributed by atoms with E-state index in [9.17, 15) is 0 Å². The average molecular weight is 239 g/mol. The van der Waals surface area contributed by atoms with E-state index in [2.05, 4.69) is 29.2 Å². The lowest BCUT2D eigenvalue weighted by molar-refractivity contribution is 0.206. The van der Waals surface area contributed by atoms with Crippen LogP contribution < -0.4 is 5.32 Å². The van der Waals surface area contributed by atoms with E-state index in [0.717, 1.165) is 12.1 Å². The van der Waals surface area contributed by atoms with Gasteiger partial charge in [-0.2, -0.15) is 0 Å². The quantitative estimate of drug-likeness (QED) is 0.727. The van der Waals surface area contributed by atoms with E-state index in [1.54, 1.807) is 0 Å². The minimum atomic E-state index is 0.767. The molecule has 2 rings (SSSR count). The highest BCUT2D eigenvalue weighted by atomic mass is 15.2. The Balaban J connectivity index is 1.68. The van der Waals surface area contributed by atoms with Crippen LogP contribution in [0.15, 0.2) is 0 Å². The summed E-state index contributed by atoms with van der Waals surface area (Å²) in [6.07, 6.45) is 8.38. The molecule has 2 fully saturated rings. The van der Waals surface area contributed by atoms with Crippen LogP contribution in [0.2, 0.25) is 0 Å². The number of hydrogen-bond donors (Lipinski definition) is 1. The van der Waals surface area contributed by atoms with Crippen LogP contribution >= 0.6 is 0 Å². The predicted octanol–water partition coefficient (Wildman–Crippen LogP) is 1.54. The molecule has 2 aliphatic rings. The molecule has 0 aromatic rings. The van der Waals surface area contributed by atoms with Gasteiger partial charge in [0.25, 0.3) is 0 Å². The molecule has 3 heteroatoms. The van der Waals surface area contributed by atoms with Crippen LogP contribution in [0.25, 0.3) is 0 Å². The van der Waals surface area contributed by atoms with Crippen LogP contribution in [-0.4, -0.2) is 62.2 Å². The van der Waals surface area contributed by atoms with Gasteiger partial charge >= 0.3 is 0 Å². The predicted molar refractivity (Wildman–Crippen MR) is 73.4 cm³/mol. The first-order chi connectivity index (χ1) is 8.25. The fourth-order valence-corrected chi connectivity index (χ4v) is 2.82. The smallest absolute Gasteiger partial charge is 0.0195 e. The molecule has 3 nitrogen and oxygen atoms in total. The van der Waals surface area contributed by atoms with Crippen LogP contribution in [0.4, 0.5) is 0 Å². The molecule has 0 spiro atoms. The van der Waals surface area contributed by atoms with E-state index in [1.807, 2.05) is 0 Å². The van der Waals surface area contributed by atoms with Gasteiger partial charge in [0.2, 0.25) is 0 Å². The molecule has 100 valence electrons. The summed E-state index contributed by atoms with van der Waals surface area (Å²) < 4.78 is 0. The lowest BCUT2D eigenvalue weighted by Crippen LogP contribution is -2.45. The molecule has 1 unspecified atom stereocenters. The maximum absolute atomic E-state index is 3.68. The molecule has 1 heterocycles. The molecule has 17 heavy (non-hydrogen) atoms. The van der Waals surface area contributed by atoms with E-state index in [-0.39, 0.29) is 0 Å². The Morgan fingerprint density at radius 1 is 1.06 bits per heavy atom. The maximum atomic E-state index is 3.68. The van der Waals surface area contributed by atoms with E-state index in [4.69, 9.17) is 0 Å². The Hall–Kier alpha value is -0.120. The van der Waals surface area contributed by atoms with E-state index in [0.29, 0.717) is 0 Å². The third-order valence-electron chi connectivity index (χ3n) is 3.98. The molecule has 1 aliphatic carbocycles. The number of nitrogens with one attached hydrogen (secondary N) is 1. The standard InChI is InChI=1S/C14H29N3/c1-16(2)10-5-11-17(14-7-8-14)12-13-6-3-4-9-15-13/h13-15H,3-12H2,1-2H3. The Bertz CT molecular complexity index is 208. The fraction of sp³-hybridized carbons (Fsp3) is 1.00. The van der Waals surface area contributed by atoms with Crippen molar-refractivity contribution >= 4 is 0 Å². The Morgan fingerprint density at radius 2 is 1.88 bits per heavy atom. The van der Waals surface area contributed by atoms with Gasteiger partial charge in [-0.1, -0.05) is 6.42 Å². The van der Waals surface area contributed by atoms with Gasteiger partial charge in [0.05, 0.1) is 0 Å². The van der Waals surface area contributed by atoms with Gasteiger partial charge in [-0.25, -0.2) is 0 Å². The molecule has 1 saturated carbocycles. The Morgan fingerprint density at radius 3 is 2.47 bits per heavy atom. The van der Waals surface area contributed by atoms with Crippen molar-refractivity contribution in [1.82, 2.24) is 15.1 Å². The van der Waals surface area contributed by atoms with E-state index >= 15 is 0 Å². The zero-order valence-corrected chi connectivity index (χ0v) is 11.6. The summed E-state index contributed by atoms with van der Waals surface area (Å²) in [7, 11) is 4.34. The SMILES string of the molecule is CN(C)CCCN(CC1CCCCN1)C1CC1. The third kappa shape index (κ3) is 4.94. The molecule has 0 aromatic carbocycles. The number of rotatable bonds is 7. The van der Waals surface area contributed by atoms with Crippen molar-refractivity contribution in [2.45, 2.75) is 50.6 Å². The maximum Gasteiger partial charge on any atom is 0.0195 e. The summed E-state index contributed by atoms with van der Waals surface area (Å²) in [6, 6.07) is 1.68. The van der Waals surface area contributed by atoms with Gasteiger partial charge in [0.1, 0.15) is 0 Å². The summed E-state index contributed by atoms with van der Waals surface area (Å²) in [5, 5.41) is 3.68. The molecule has 0 radical (unpaired) electrons. The fourth-order valence-electron chi connectivity index (χ4n) is 2.82. The van der Waals surface area contributed by atoms with Crippen molar-refractivity contribution in [2.75, 3.05) is 40.3 Å². The molecular formula is C14H29N3. The van der Waals surface area contributed by atoms with Gasteiger partial charge in [-0.15, -0.1) is 0 Å². The summed E-state index contributed by atoms with van der Waals surface area (Å²) in [4.78, 5) is 5.04. The normalized spacial score (nSPS) is 25.8. The lowest BCUT2D eigenvalue weighted by atomic mass is 10.0. The number of piperidine rings is 1. The van der Waals surface area contributed by atoms with Crippen molar-refractivity contribution in [3.63, 3.8) is 0 Å². The highest BCUT2D eigenvalue weighted by Gasteiger charge is 2.30. The average Bonchev–Trinajstić information content (AvgIpc) is 3.12. The highest BCUT2D eigenvalue weighted by Crippen LogP contribution is 2.27. The minimum absolute atomic E-state index is 0.767. The van der Waals surface area contributed by atoms with Crippen molar-refractivity contribution in [3.05, 3.63) is 0 Å². The zero-order valence-electron chi connectivity index (χ0n) is 11.6. The first-order valence-electron chi connectivity index (χ1n) is 7.38. The molecule has 0 amide bonds. The lowest BCUT2D eigenvalue weighted by Gasteiger charge is -2.31. The van der Waals surface area contributed by atoms with E-state index < -0.39 is 0 Å². The molecule has 1 atom stereocenters. The summed E-state index contributed by atoms with van der Waals surface area (Å²) in [5.41, 5.74) is 0. The molecule has 0 aromatic heterocycles. The van der Waals surface area contributed by atoms with Crippen LogP contribution in [-0.2, 0) is 0 Å². The molecular weight excluding hydrogens is 210 g/mol. The van der Waals surface area contributed by atoms with Crippen molar-refractivity contribution in [1.29, 1.82) is 0 Å². The zero-order chi connectivity index (χ0) is 12.1. The third-order valence-corrected chi connectivity index (χ3v) is 3.98. The van der Waals surface area contributed by atoms with Gasteiger partial charge in [0.15, 0.2) is 0 Å².